The Bertz CT molecular complexity index is 2960. The Labute approximate surface area is 350 Å². The number of aryl methyl sites for hydroxylation is 1. The summed E-state index contributed by atoms with van der Waals surface area (Å²) in [4.78, 5) is -1.43. The highest BCUT2D eigenvalue weighted by Crippen LogP contribution is 2.47. The molecule has 61 heavy (non-hydrogen) atoms. The molecule has 0 aliphatic carbocycles. The first-order chi connectivity index (χ1) is 28.1. The van der Waals surface area contributed by atoms with Gasteiger partial charge in [0.05, 0.1) is 37.2 Å². The van der Waals surface area contributed by atoms with Crippen LogP contribution in [0.15, 0.2) is 83.7 Å². The predicted octanol–water partition coefficient (Wildman–Crippen LogP) is 3.73. The summed E-state index contributed by atoms with van der Waals surface area (Å²) >= 11 is -1.90. The van der Waals surface area contributed by atoms with Crippen LogP contribution < -0.4 is 14.8 Å². The molecule has 0 spiro atoms. The molecule has 4 aromatic rings. The summed E-state index contributed by atoms with van der Waals surface area (Å²) in [5, 5.41) is 29.0. The van der Waals surface area contributed by atoms with E-state index >= 15 is 0 Å². The van der Waals surface area contributed by atoms with Gasteiger partial charge in [0.15, 0.2) is 26.2 Å². The van der Waals surface area contributed by atoms with Gasteiger partial charge in [-0.25, -0.2) is 16.8 Å². The predicted molar refractivity (Wildman–Crippen MR) is 213 cm³/mol. The molecule has 0 amide bonds. The number of nitrogens with zero attached hydrogens (tertiary/aromatic N) is 4. The zero-order valence-electron chi connectivity index (χ0n) is 31.3. The van der Waals surface area contributed by atoms with Gasteiger partial charge in [0, 0.05) is 22.4 Å². The van der Waals surface area contributed by atoms with Crippen molar-refractivity contribution in [2.45, 2.75) is 21.6 Å². The molecule has 0 aromatic heterocycles. The third-order valence-electron chi connectivity index (χ3n) is 7.76. The highest BCUT2D eigenvalue weighted by atomic mass is 32.3. The van der Waals surface area contributed by atoms with Crippen LogP contribution in [-0.4, -0.2) is 115 Å². The van der Waals surface area contributed by atoms with Crippen molar-refractivity contribution in [3.63, 3.8) is 0 Å². The van der Waals surface area contributed by atoms with Crippen molar-refractivity contribution in [3.8, 4) is 17.2 Å². The fraction of sp³-hybridized carbons (Fsp3) is 0.267. The van der Waals surface area contributed by atoms with Crippen molar-refractivity contribution in [3.05, 3.63) is 54.1 Å². The number of nitrogens with one attached hydrogen (secondary N) is 1. The minimum atomic E-state index is -5.33. The largest absolute Gasteiger partial charge is 0.611 e. The first-order valence-corrected chi connectivity index (χ1v) is 24.9. The number of aromatic hydroxyl groups is 1. The average Bonchev–Trinajstić information content (AvgIpc) is 3.13. The molecule has 25 nitrogen and oxygen atoms in total. The lowest BCUT2D eigenvalue weighted by Gasteiger charge is -2.15. The van der Waals surface area contributed by atoms with Crippen LogP contribution in [0.5, 0.6) is 17.2 Å². The van der Waals surface area contributed by atoms with Crippen molar-refractivity contribution >= 4 is 101 Å². The molecule has 0 aliphatic rings. The van der Waals surface area contributed by atoms with Gasteiger partial charge in [0.1, 0.15) is 51.6 Å². The summed E-state index contributed by atoms with van der Waals surface area (Å²) in [7, 11) is -21.8. The molecular formula is C30H33N5O20S6. The Morgan fingerprint density at radius 3 is 1.87 bits per heavy atom. The molecule has 334 valence electrons. The summed E-state index contributed by atoms with van der Waals surface area (Å²) in [5.74, 6) is -3.60. The number of azo groups is 2. The maximum Gasteiger partial charge on any atom is 0.397 e. The Morgan fingerprint density at radius 2 is 1.30 bits per heavy atom. The third kappa shape index (κ3) is 13.4. The van der Waals surface area contributed by atoms with Crippen LogP contribution in [0, 0.1) is 6.92 Å². The van der Waals surface area contributed by atoms with E-state index in [1.807, 2.05) is 0 Å². The topological polar surface area (TPSA) is 393 Å². The number of anilines is 1. The van der Waals surface area contributed by atoms with E-state index < -0.39 is 114 Å². The zero-order valence-corrected chi connectivity index (χ0v) is 36.2. The first kappa shape index (κ1) is 49.0. The summed E-state index contributed by atoms with van der Waals surface area (Å²) in [6, 6.07) is 8.66. The van der Waals surface area contributed by atoms with E-state index in [0.717, 1.165) is 36.4 Å². The van der Waals surface area contributed by atoms with E-state index in [9.17, 15) is 60.9 Å². The summed E-state index contributed by atoms with van der Waals surface area (Å²) < 4.78 is 187. The van der Waals surface area contributed by atoms with E-state index in [-0.39, 0.29) is 55.5 Å². The molecule has 0 bridgehead atoms. The molecule has 0 heterocycles. The van der Waals surface area contributed by atoms with Crippen molar-refractivity contribution in [1.82, 2.24) is 0 Å². The number of ether oxygens (including phenoxy) is 2. The maximum absolute atomic E-state index is 12.9. The van der Waals surface area contributed by atoms with Gasteiger partial charge in [-0.2, -0.15) is 33.7 Å². The number of phenolic OH excluding ortho intramolecular Hbond substituents is 1. The minimum absolute atomic E-state index is 0.0990. The van der Waals surface area contributed by atoms with Crippen LogP contribution in [0.3, 0.4) is 0 Å². The second kappa shape index (κ2) is 19.2. The fourth-order valence-corrected chi connectivity index (χ4v) is 9.10. The minimum Gasteiger partial charge on any atom is -0.611 e. The number of benzene rings is 4. The van der Waals surface area contributed by atoms with Gasteiger partial charge >= 0.3 is 20.8 Å². The van der Waals surface area contributed by atoms with Crippen molar-refractivity contribution < 1.29 is 87.8 Å². The summed E-state index contributed by atoms with van der Waals surface area (Å²) in [5.41, 5.74) is -1.76. The molecule has 1 atom stereocenters. The van der Waals surface area contributed by atoms with Gasteiger partial charge in [-0.3, -0.25) is 18.2 Å². The van der Waals surface area contributed by atoms with Crippen molar-refractivity contribution in [2.24, 2.45) is 20.5 Å². The number of fused-ring (bicyclic) bond motifs is 1. The van der Waals surface area contributed by atoms with Gasteiger partial charge in [0.2, 0.25) is 0 Å². The highest BCUT2D eigenvalue weighted by Gasteiger charge is 2.26. The molecular weight excluding hydrogens is 943 g/mol. The van der Waals surface area contributed by atoms with E-state index in [1.54, 1.807) is 0 Å². The quantitative estimate of drug-likeness (QED) is 0.0417. The number of sulfone groups is 1. The molecule has 0 saturated carbocycles. The molecule has 0 fully saturated rings. The summed E-state index contributed by atoms with van der Waals surface area (Å²) in [6.45, 7) is -0.128. The zero-order chi connectivity index (χ0) is 45.7. The number of phenols is 1. The van der Waals surface area contributed by atoms with Gasteiger partial charge in [-0.1, -0.05) is 0 Å². The monoisotopic (exact) mass is 975 g/mol. The Hall–Kier alpha value is -4.64. The number of hydrogen-bond acceptors (Lipinski definition) is 21. The van der Waals surface area contributed by atoms with Gasteiger partial charge in [-0.05, 0) is 60.6 Å². The molecule has 31 heteroatoms. The average molecular weight is 976 g/mol. The lowest BCUT2D eigenvalue weighted by atomic mass is 10.1. The maximum atomic E-state index is 12.9. The molecule has 4 rings (SSSR count). The van der Waals surface area contributed by atoms with Gasteiger partial charge < -0.3 is 24.4 Å². The molecule has 0 saturated heterocycles. The van der Waals surface area contributed by atoms with Crippen LogP contribution in [0.2, 0.25) is 0 Å². The number of hydrogen-bond donors (Lipinski definition) is 6. The fourth-order valence-electron chi connectivity index (χ4n) is 5.10. The second-order valence-electron chi connectivity index (χ2n) is 11.9. The second-order valence-corrected chi connectivity index (χ2v) is 20.6. The van der Waals surface area contributed by atoms with Crippen LogP contribution in [0.25, 0.3) is 10.8 Å². The van der Waals surface area contributed by atoms with Gasteiger partial charge in [0.25, 0.3) is 20.2 Å². The van der Waals surface area contributed by atoms with E-state index in [4.69, 9.17) is 18.6 Å². The molecule has 1 unspecified atom stereocenters. The van der Waals surface area contributed by atoms with Crippen molar-refractivity contribution in [2.75, 3.05) is 50.1 Å². The molecule has 6 N–H and O–H groups in total. The standard InChI is InChI=1S/C30H33N5O20S6/c1-17-12-22(25(53-3)15-26(17)56(37)10-8-54-60(46,47)48)32-35-29-27(59(43,44)45)14-20-19(30(29)36)5-6-21(31-16-58(40,41)42)28(20)34-33-23-13-18(4-7-24(23)52-2)57(38,39)11-9-55-61(49,50)51/h4-7,12-15,31,36H,8-11,16H2,1-3H3,(H,40,41,42)(H,43,44,45)(H,46,47,48)(H,49,50,51)/b34-33+,35-32+. The van der Waals surface area contributed by atoms with E-state index in [0.29, 0.717) is 0 Å². The van der Waals surface area contributed by atoms with Crippen LogP contribution in [0.1, 0.15) is 5.56 Å². The Morgan fingerprint density at radius 1 is 0.705 bits per heavy atom. The van der Waals surface area contributed by atoms with Crippen LogP contribution in [-0.2, 0) is 70.4 Å². The van der Waals surface area contributed by atoms with Crippen LogP contribution >= 0.6 is 0 Å². The van der Waals surface area contributed by atoms with Gasteiger partial charge in [-0.15, -0.1) is 20.5 Å². The number of rotatable bonds is 20. The third-order valence-corrected chi connectivity index (χ3v) is 13.2. The normalized spacial score (nSPS) is 13.6. The summed E-state index contributed by atoms with van der Waals surface area (Å²) in [6.07, 6.45) is 0. The molecule has 0 aliphatic heterocycles. The van der Waals surface area contributed by atoms with Crippen molar-refractivity contribution in [1.29, 1.82) is 0 Å². The number of methoxy groups -OCH3 is 2. The SMILES string of the molecule is COc1cc([S+]([O-])CCOS(=O)(=O)O)c(C)cc1/N=N/c1c(S(=O)(=O)O)cc2c(/N=N/c3cc(S(=O)(=O)CCOS(=O)(=O)O)ccc3OC)c(NCS(=O)(=O)O)ccc2c1O. The lowest BCUT2D eigenvalue weighted by Crippen LogP contribution is -2.16. The van der Waals surface area contributed by atoms with E-state index in [2.05, 4.69) is 34.1 Å². The smallest absolute Gasteiger partial charge is 0.397 e. The Kier molecular flexibility index (Phi) is 15.4. The van der Waals surface area contributed by atoms with E-state index in [1.165, 1.54) is 33.3 Å². The lowest BCUT2D eigenvalue weighted by molar-refractivity contribution is 0.282. The molecule has 4 aromatic carbocycles. The molecule has 0 radical (unpaired) electrons. The highest BCUT2D eigenvalue weighted by molar-refractivity contribution is 7.91. The van der Waals surface area contributed by atoms with Crippen LogP contribution in [0.4, 0.5) is 28.4 Å². The Balaban J connectivity index is 1.88. The first-order valence-electron chi connectivity index (χ1n) is 16.2.